The van der Waals surface area contributed by atoms with Crippen LogP contribution in [0.25, 0.3) is 0 Å². The largest absolute Gasteiger partial charge is 0.396 e. The van der Waals surface area contributed by atoms with E-state index in [-0.39, 0.29) is 5.41 Å². The lowest BCUT2D eigenvalue weighted by Gasteiger charge is -2.35. The van der Waals surface area contributed by atoms with Gasteiger partial charge in [0, 0.05) is 18.6 Å². The summed E-state index contributed by atoms with van der Waals surface area (Å²) in [5, 5.41) is 13.1. The van der Waals surface area contributed by atoms with Gasteiger partial charge in [0.05, 0.1) is 0 Å². The maximum atomic E-state index is 9.56. The van der Waals surface area contributed by atoms with E-state index in [2.05, 4.69) is 5.32 Å². The monoisotopic (exact) mass is 225 g/mol. The van der Waals surface area contributed by atoms with Gasteiger partial charge in [-0.3, -0.25) is 0 Å². The molecule has 0 saturated heterocycles. The van der Waals surface area contributed by atoms with Gasteiger partial charge in [0.2, 0.25) is 0 Å². The van der Waals surface area contributed by atoms with Gasteiger partial charge in [-0.1, -0.05) is 32.1 Å². The van der Waals surface area contributed by atoms with E-state index in [0.29, 0.717) is 6.61 Å². The average Bonchev–Trinajstić information content (AvgIpc) is 3.14. The third kappa shape index (κ3) is 3.74. The lowest BCUT2D eigenvalue weighted by Crippen LogP contribution is -2.39. The molecule has 0 aromatic heterocycles. The third-order valence-corrected chi connectivity index (χ3v) is 4.41. The molecule has 2 saturated carbocycles. The van der Waals surface area contributed by atoms with Crippen molar-refractivity contribution in [2.75, 3.05) is 19.7 Å². The van der Waals surface area contributed by atoms with Gasteiger partial charge in [0.25, 0.3) is 0 Å². The normalized spacial score (nSPS) is 24.6. The summed E-state index contributed by atoms with van der Waals surface area (Å²) >= 11 is 0. The molecule has 0 amide bonds. The molecule has 0 atom stereocenters. The molecule has 0 aromatic carbocycles. The first-order valence-electron chi connectivity index (χ1n) is 7.16. The van der Waals surface area contributed by atoms with E-state index < -0.39 is 0 Å². The summed E-state index contributed by atoms with van der Waals surface area (Å²) in [7, 11) is 0. The van der Waals surface area contributed by atoms with Crippen LogP contribution in [0.4, 0.5) is 0 Å². The molecule has 94 valence electrons. The molecule has 2 heteroatoms. The van der Waals surface area contributed by atoms with Crippen LogP contribution in [0, 0.1) is 11.3 Å². The summed E-state index contributed by atoms with van der Waals surface area (Å²) in [4.78, 5) is 0. The molecule has 0 radical (unpaired) electrons. The molecular formula is C14H27NO. The molecule has 0 heterocycles. The Morgan fingerprint density at radius 1 is 1.12 bits per heavy atom. The van der Waals surface area contributed by atoms with E-state index in [4.69, 9.17) is 0 Å². The number of rotatable bonds is 7. The van der Waals surface area contributed by atoms with Gasteiger partial charge < -0.3 is 10.4 Å². The number of aliphatic hydroxyl groups excluding tert-OH is 1. The topological polar surface area (TPSA) is 32.3 Å². The van der Waals surface area contributed by atoms with Gasteiger partial charge >= 0.3 is 0 Å². The van der Waals surface area contributed by atoms with Crippen molar-refractivity contribution in [1.82, 2.24) is 5.32 Å². The highest BCUT2D eigenvalue weighted by molar-refractivity contribution is 4.84. The summed E-state index contributed by atoms with van der Waals surface area (Å²) in [6.07, 6.45) is 12.1. The van der Waals surface area contributed by atoms with Crippen LogP contribution < -0.4 is 5.32 Å². The maximum absolute atomic E-state index is 9.56. The molecule has 0 aromatic rings. The zero-order chi connectivity index (χ0) is 11.3. The first kappa shape index (κ1) is 12.4. The summed E-state index contributed by atoms with van der Waals surface area (Å²) in [5.74, 6) is 1.06. The summed E-state index contributed by atoms with van der Waals surface area (Å²) < 4.78 is 0. The molecule has 0 aliphatic heterocycles. The Balaban J connectivity index is 1.57. The van der Waals surface area contributed by atoms with Crippen LogP contribution in [-0.4, -0.2) is 24.8 Å². The van der Waals surface area contributed by atoms with Crippen molar-refractivity contribution < 1.29 is 5.11 Å². The second-order valence-corrected chi connectivity index (χ2v) is 5.98. The van der Waals surface area contributed by atoms with Crippen molar-refractivity contribution in [3.63, 3.8) is 0 Å². The molecule has 2 aliphatic rings. The van der Waals surface area contributed by atoms with Crippen molar-refractivity contribution >= 4 is 0 Å². The highest BCUT2D eigenvalue weighted by Gasteiger charge is 2.30. The lowest BCUT2D eigenvalue weighted by molar-refractivity contribution is 0.0814. The van der Waals surface area contributed by atoms with Crippen LogP contribution in [0.5, 0.6) is 0 Å². The molecule has 2 nitrogen and oxygen atoms in total. The van der Waals surface area contributed by atoms with Crippen LogP contribution >= 0.6 is 0 Å². The van der Waals surface area contributed by atoms with E-state index in [1.54, 1.807) is 0 Å². The quantitative estimate of drug-likeness (QED) is 0.653. The standard InChI is InChI=1S/C14H27NO/c16-12-14(8-2-1-3-9-14)11-15-10-4-5-13-6-7-13/h13,15-16H,1-12H2. The second kappa shape index (κ2) is 6.02. The predicted molar refractivity (Wildman–Crippen MR) is 67.4 cm³/mol. The number of hydrogen-bond acceptors (Lipinski definition) is 2. The zero-order valence-electron chi connectivity index (χ0n) is 10.5. The van der Waals surface area contributed by atoms with Crippen LogP contribution in [-0.2, 0) is 0 Å². The molecule has 16 heavy (non-hydrogen) atoms. The molecule has 2 fully saturated rings. The van der Waals surface area contributed by atoms with Crippen molar-refractivity contribution in [2.45, 2.75) is 57.8 Å². The molecule has 0 spiro atoms. The van der Waals surface area contributed by atoms with Crippen LogP contribution in [0.1, 0.15) is 57.8 Å². The predicted octanol–water partition coefficient (Wildman–Crippen LogP) is 2.71. The first-order valence-corrected chi connectivity index (χ1v) is 7.16. The minimum absolute atomic E-state index is 0.220. The number of aliphatic hydroxyl groups is 1. The van der Waals surface area contributed by atoms with Crippen LogP contribution in [0.3, 0.4) is 0 Å². The fourth-order valence-corrected chi connectivity index (χ4v) is 2.97. The molecule has 2 N–H and O–H groups in total. The van der Waals surface area contributed by atoms with E-state index in [1.165, 1.54) is 57.8 Å². The summed E-state index contributed by atoms with van der Waals surface area (Å²) in [5.41, 5.74) is 0.220. The van der Waals surface area contributed by atoms with Gasteiger partial charge in [0.1, 0.15) is 0 Å². The van der Waals surface area contributed by atoms with Crippen molar-refractivity contribution in [3.05, 3.63) is 0 Å². The van der Waals surface area contributed by atoms with Gasteiger partial charge in [0.15, 0.2) is 0 Å². The third-order valence-electron chi connectivity index (χ3n) is 4.41. The van der Waals surface area contributed by atoms with Crippen molar-refractivity contribution in [2.24, 2.45) is 11.3 Å². The molecule has 0 unspecified atom stereocenters. The fourth-order valence-electron chi connectivity index (χ4n) is 2.97. The number of hydrogen-bond donors (Lipinski definition) is 2. The van der Waals surface area contributed by atoms with Crippen molar-refractivity contribution in [3.8, 4) is 0 Å². The average molecular weight is 225 g/mol. The highest BCUT2D eigenvalue weighted by atomic mass is 16.3. The SMILES string of the molecule is OCC1(CNCCCC2CC2)CCCCC1. The van der Waals surface area contributed by atoms with Gasteiger partial charge in [-0.25, -0.2) is 0 Å². The Labute approximate surface area is 99.8 Å². The fraction of sp³-hybridized carbons (Fsp3) is 1.00. The maximum Gasteiger partial charge on any atom is 0.0499 e. The van der Waals surface area contributed by atoms with E-state index in [9.17, 15) is 5.11 Å². The van der Waals surface area contributed by atoms with Gasteiger partial charge in [-0.05, 0) is 38.1 Å². The number of nitrogens with one attached hydrogen (secondary N) is 1. The Morgan fingerprint density at radius 3 is 2.50 bits per heavy atom. The second-order valence-electron chi connectivity index (χ2n) is 5.98. The van der Waals surface area contributed by atoms with E-state index in [0.717, 1.165) is 19.0 Å². The van der Waals surface area contributed by atoms with E-state index in [1.807, 2.05) is 0 Å². The lowest BCUT2D eigenvalue weighted by atomic mass is 9.74. The molecule has 2 aliphatic carbocycles. The Kier molecular flexibility index (Phi) is 4.66. The summed E-state index contributed by atoms with van der Waals surface area (Å²) in [6, 6.07) is 0. The summed E-state index contributed by atoms with van der Waals surface area (Å²) in [6.45, 7) is 2.56. The molecular weight excluding hydrogens is 198 g/mol. The van der Waals surface area contributed by atoms with Crippen LogP contribution in [0.15, 0.2) is 0 Å². The zero-order valence-corrected chi connectivity index (χ0v) is 10.5. The Hall–Kier alpha value is -0.0800. The molecule has 0 bridgehead atoms. The smallest absolute Gasteiger partial charge is 0.0499 e. The molecule has 2 rings (SSSR count). The van der Waals surface area contributed by atoms with E-state index >= 15 is 0 Å². The Morgan fingerprint density at radius 2 is 1.88 bits per heavy atom. The van der Waals surface area contributed by atoms with Gasteiger partial charge in [-0.2, -0.15) is 0 Å². The minimum atomic E-state index is 0.220. The highest BCUT2D eigenvalue weighted by Crippen LogP contribution is 2.35. The van der Waals surface area contributed by atoms with Crippen LogP contribution in [0.2, 0.25) is 0 Å². The minimum Gasteiger partial charge on any atom is -0.396 e. The Bertz CT molecular complexity index is 195. The first-order chi connectivity index (χ1) is 7.85. The van der Waals surface area contributed by atoms with Gasteiger partial charge in [-0.15, -0.1) is 0 Å². The van der Waals surface area contributed by atoms with Crippen molar-refractivity contribution in [1.29, 1.82) is 0 Å².